The average Bonchev–Trinajstić information content (AvgIpc) is 3.02. The minimum Gasteiger partial charge on any atom is -0.307 e. The first-order chi connectivity index (χ1) is 12.6. The summed E-state index contributed by atoms with van der Waals surface area (Å²) in [5, 5.41) is 2.69. The topological polar surface area (TPSA) is 46.9 Å². The predicted octanol–water partition coefficient (Wildman–Crippen LogP) is 5.07. The lowest BCUT2D eigenvalue weighted by Gasteiger charge is -2.25. The molecule has 1 N–H and O–H groups in total. The monoisotopic (exact) mass is 355 g/mol. The van der Waals surface area contributed by atoms with E-state index in [0.29, 0.717) is 5.95 Å². The number of nitrogens with one attached hydrogen (secondary N) is 1. The third-order valence-corrected chi connectivity index (χ3v) is 4.96. The van der Waals surface area contributed by atoms with E-state index in [0.717, 1.165) is 42.8 Å². The van der Waals surface area contributed by atoms with Crippen molar-refractivity contribution >= 4 is 22.9 Å². The second kappa shape index (κ2) is 6.86. The third kappa shape index (κ3) is 2.96. The molecule has 6 heteroatoms. The van der Waals surface area contributed by atoms with E-state index in [4.69, 9.17) is 0 Å². The zero-order chi connectivity index (χ0) is 18.1. The van der Waals surface area contributed by atoms with Gasteiger partial charge in [0.1, 0.15) is 0 Å². The van der Waals surface area contributed by atoms with Crippen molar-refractivity contribution in [1.29, 1.82) is 0 Å². The number of imidazole rings is 1. The van der Waals surface area contributed by atoms with Crippen LogP contribution in [0.3, 0.4) is 0 Å². The number of rotatable bonds is 3. The summed E-state index contributed by atoms with van der Waals surface area (Å²) in [6.07, 6.45) is 5.49. The van der Waals surface area contributed by atoms with Crippen molar-refractivity contribution in [3.8, 4) is 0 Å². The van der Waals surface area contributed by atoms with Crippen LogP contribution in [0, 0.1) is 11.6 Å². The Balaban J connectivity index is 1.73. The Morgan fingerprint density at radius 2 is 1.81 bits per heavy atom. The Labute approximate surface area is 149 Å². The Bertz CT molecular complexity index is 961. The SMILES string of the molecule is O=C(Nc1nc2ccccc2n1C1CCCCC1)c1cccc(F)c1F. The van der Waals surface area contributed by atoms with E-state index in [9.17, 15) is 13.6 Å². The largest absolute Gasteiger partial charge is 0.307 e. The van der Waals surface area contributed by atoms with Gasteiger partial charge in [0, 0.05) is 6.04 Å². The number of carbonyl (C=O) groups is 1. The second-order valence-electron chi connectivity index (χ2n) is 6.64. The quantitative estimate of drug-likeness (QED) is 0.713. The molecule has 1 fully saturated rings. The number of hydrogen-bond acceptors (Lipinski definition) is 2. The van der Waals surface area contributed by atoms with E-state index < -0.39 is 17.5 Å². The molecule has 1 heterocycles. The highest BCUT2D eigenvalue weighted by Gasteiger charge is 2.23. The predicted molar refractivity (Wildman–Crippen MR) is 96.2 cm³/mol. The highest BCUT2D eigenvalue weighted by atomic mass is 19.2. The molecule has 2 aromatic carbocycles. The number of hydrogen-bond donors (Lipinski definition) is 1. The maximum absolute atomic E-state index is 14.0. The molecule has 0 saturated heterocycles. The molecule has 0 radical (unpaired) electrons. The summed E-state index contributed by atoms with van der Waals surface area (Å²) in [6.45, 7) is 0. The highest BCUT2D eigenvalue weighted by molar-refractivity contribution is 6.04. The summed E-state index contributed by atoms with van der Waals surface area (Å²) in [7, 11) is 0. The van der Waals surface area contributed by atoms with E-state index >= 15 is 0 Å². The van der Waals surface area contributed by atoms with Gasteiger partial charge >= 0.3 is 0 Å². The molecule has 1 aliphatic carbocycles. The van der Waals surface area contributed by atoms with Crippen LogP contribution >= 0.6 is 0 Å². The molecular weight excluding hydrogens is 336 g/mol. The second-order valence-corrected chi connectivity index (χ2v) is 6.64. The van der Waals surface area contributed by atoms with Crippen molar-refractivity contribution in [2.75, 3.05) is 5.32 Å². The first kappa shape index (κ1) is 16.7. The van der Waals surface area contributed by atoms with E-state index in [1.807, 2.05) is 28.8 Å². The van der Waals surface area contributed by atoms with Crippen LogP contribution < -0.4 is 5.32 Å². The maximum Gasteiger partial charge on any atom is 0.261 e. The Kier molecular flexibility index (Phi) is 4.41. The molecule has 0 unspecified atom stereocenters. The van der Waals surface area contributed by atoms with Gasteiger partial charge in [0.15, 0.2) is 11.6 Å². The fourth-order valence-corrected chi connectivity index (χ4v) is 3.69. The summed E-state index contributed by atoms with van der Waals surface area (Å²) in [6, 6.07) is 11.5. The number of para-hydroxylation sites is 2. The number of aromatic nitrogens is 2. The Morgan fingerprint density at radius 3 is 2.62 bits per heavy atom. The Morgan fingerprint density at radius 1 is 1.04 bits per heavy atom. The molecule has 26 heavy (non-hydrogen) atoms. The molecule has 1 saturated carbocycles. The molecule has 0 bridgehead atoms. The highest BCUT2D eigenvalue weighted by Crippen LogP contribution is 2.34. The van der Waals surface area contributed by atoms with Crippen molar-refractivity contribution in [3.05, 3.63) is 59.7 Å². The van der Waals surface area contributed by atoms with E-state index in [2.05, 4.69) is 10.3 Å². The average molecular weight is 355 g/mol. The zero-order valence-electron chi connectivity index (χ0n) is 14.2. The number of anilines is 1. The van der Waals surface area contributed by atoms with Crippen LogP contribution in [0.1, 0.15) is 48.5 Å². The molecule has 1 aromatic heterocycles. The van der Waals surface area contributed by atoms with Crippen LogP contribution in [-0.4, -0.2) is 15.5 Å². The fraction of sp³-hybridized carbons (Fsp3) is 0.300. The molecule has 4 rings (SSSR count). The minimum atomic E-state index is -1.15. The van der Waals surface area contributed by atoms with Crippen molar-refractivity contribution in [1.82, 2.24) is 9.55 Å². The van der Waals surface area contributed by atoms with Crippen molar-refractivity contribution in [2.24, 2.45) is 0 Å². The van der Waals surface area contributed by atoms with Gasteiger partial charge in [-0.25, -0.2) is 13.8 Å². The lowest BCUT2D eigenvalue weighted by atomic mass is 9.95. The third-order valence-electron chi connectivity index (χ3n) is 4.96. The van der Waals surface area contributed by atoms with E-state index in [1.165, 1.54) is 18.6 Å². The van der Waals surface area contributed by atoms with E-state index in [1.54, 1.807) is 0 Å². The van der Waals surface area contributed by atoms with Gasteiger partial charge in [0.25, 0.3) is 5.91 Å². The number of amides is 1. The lowest BCUT2D eigenvalue weighted by molar-refractivity contribution is 0.102. The van der Waals surface area contributed by atoms with Crippen LogP contribution in [-0.2, 0) is 0 Å². The van der Waals surface area contributed by atoms with Gasteiger partial charge < -0.3 is 4.57 Å². The standard InChI is InChI=1S/C20H19F2N3O/c21-15-10-6-9-14(18(15)22)19(26)24-20-23-16-11-4-5-12-17(16)25(20)13-7-2-1-3-8-13/h4-6,9-13H,1-3,7-8H2,(H,23,24,26). The molecule has 1 aliphatic rings. The smallest absolute Gasteiger partial charge is 0.261 e. The summed E-state index contributed by atoms with van der Waals surface area (Å²) in [5.41, 5.74) is 1.38. The number of fused-ring (bicyclic) bond motifs is 1. The molecule has 4 nitrogen and oxygen atoms in total. The first-order valence-corrected chi connectivity index (χ1v) is 8.87. The normalized spacial score (nSPS) is 15.3. The fourth-order valence-electron chi connectivity index (χ4n) is 3.69. The van der Waals surface area contributed by atoms with E-state index in [-0.39, 0.29) is 11.6 Å². The summed E-state index contributed by atoms with van der Waals surface area (Å²) >= 11 is 0. The molecule has 0 aliphatic heterocycles. The van der Waals surface area contributed by atoms with Gasteiger partial charge in [-0.15, -0.1) is 0 Å². The zero-order valence-corrected chi connectivity index (χ0v) is 14.2. The molecule has 0 atom stereocenters. The van der Waals surface area contributed by atoms with Crippen molar-refractivity contribution in [3.63, 3.8) is 0 Å². The molecular formula is C20H19F2N3O. The van der Waals surface area contributed by atoms with Gasteiger partial charge in [-0.1, -0.05) is 37.5 Å². The van der Waals surface area contributed by atoms with Gasteiger partial charge in [-0.05, 0) is 37.1 Å². The molecule has 1 amide bonds. The summed E-state index contributed by atoms with van der Waals surface area (Å²) in [5.74, 6) is -2.51. The van der Waals surface area contributed by atoms with Crippen molar-refractivity contribution in [2.45, 2.75) is 38.1 Å². The van der Waals surface area contributed by atoms with Gasteiger partial charge in [-0.3, -0.25) is 10.1 Å². The maximum atomic E-state index is 14.0. The molecule has 0 spiro atoms. The van der Waals surface area contributed by atoms with Crippen LogP contribution in [0.15, 0.2) is 42.5 Å². The number of benzene rings is 2. The molecule has 134 valence electrons. The number of carbonyl (C=O) groups excluding carboxylic acids is 1. The van der Waals surface area contributed by atoms with Crippen LogP contribution in [0.25, 0.3) is 11.0 Å². The van der Waals surface area contributed by atoms with Crippen LogP contribution in [0.5, 0.6) is 0 Å². The van der Waals surface area contributed by atoms with Gasteiger partial charge in [-0.2, -0.15) is 0 Å². The van der Waals surface area contributed by atoms with Crippen LogP contribution in [0.2, 0.25) is 0 Å². The summed E-state index contributed by atoms with van der Waals surface area (Å²) < 4.78 is 29.4. The number of halogens is 2. The van der Waals surface area contributed by atoms with Gasteiger partial charge in [0.05, 0.1) is 16.6 Å². The summed E-state index contributed by atoms with van der Waals surface area (Å²) in [4.78, 5) is 17.0. The first-order valence-electron chi connectivity index (χ1n) is 8.87. The van der Waals surface area contributed by atoms with Gasteiger partial charge in [0.2, 0.25) is 5.95 Å². The molecule has 3 aromatic rings. The Hall–Kier alpha value is -2.76. The van der Waals surface area contributed by atoms with Crippen molar-refractivity contribution < 1.29 is 13.6 Å². The number of nitrogens with zero attached hydrogens (tertiary/aromatic N) is 2. The minimum absolute atomic E-state index is 0.240. The van der Waals surface area contributed by atoms with Crippen LogP contribution in [0.4, 0.5) is 14.7 Å². The lowest BCUT2D eigenvalue weighted by Crippen LogP contribution is -2.21.